The number of hydrogen-bond donors (Lipinski definition) is 2. The van der Waals surface area contributed by atoms with Gasteiger partial charge in [-0.25, -0.2) is 9.97 Å². The first-order valence-corrected chi connectivity index (χ1v) is 6.05. The van der Waals surface area contributed by atoms with Crippen LogP contribution in [0, 0.1) is 5.92 Å². The van der Waals surface area contributed by atoms with Crippen LogP contribution >= 0.6 is 15.9 Å². The molecule has 0 atom stereocenters. The zero-order valence-corrected chi connectivity index (χ0v) is 10.1. The topological polar surface area (TPSA) is 49.8 Å². The largest absolute Gasteiger partial charge is 0.369 e. The zero-order chi connectivity index (χ0) is 10.5. The summed E-state index contributed by atoms with van der Waals surface area (Å²) in [6.07, 6.45) is 5.82. The summed E-state index contributed by atoms with van der Waals surface area (Å²) in [5.74, 6) is 1.65. The number of piperidine rings is 1. The molecule has 0 aromatic carbocycles. The molecule has 0 radical (unpaired) electrons. The summed E-state index contributed by atoms with van der Waals surface area (Å²) >= 11 is 3.42. The van der Waals surface area contributed by atoms with E-state index in [4.69, 9.17) is 0 Å². The van der Waals surface area contributed by atoms with Gasteiger partial charge in [-0.15, -0.1) is 0 Å². The second kappa shape index (κ2) is 5.42. The number of nitrogens with zero attached hydrogens (tertiary/aromatic N) is 2. The van der Waals surface area contributed by atoms with E-state index < -0.39 is 0 Å². The normalized spacial score (nSPS) is 17.7. The summed E-state index contributed by atoms with van der Waals surface area (Å²) in [6, 6.07) is 0. The van der Waals surface area contributed by atoms with Crippen LogP contribution in [0.1, 0.15) is 12.8 Å². The second-order valence-electron chi connectivity index (χ2n) is 3.79. The fraction of sp³-hybridized carbons (Fsp3) is 0.600. The Morgan fingerprint density at radius 2 is 2.27 bits per heavy atom. The predicted molar refractivity (Wildman–Crippen MR) is 63.8 cm³/mol. The van der Waals surface area contributed by atoms with E-state index in [1.165, 1.54) is 12.8 Å². The number of hydrogen-bond acceptors (Lipinski definition) is 4. The van der Waals surface area contributed by atoms with Gasteiger partial charge in [0.25, 0.3) is 0 Å². The average molecular weight is 271 g/mol. The lowest BCUT2D eigenvalue weighted by molar-refractivity contribution is 0.389. The van der Waals surface area contributed by atoms with Gasteiger partial charge in [-0.05, 0) is 47.8 Å². The zero-order valence-electron chi connectivity index (χ0n) is 8.54. The van der Waals surface area contributed by atoms with E-state index in [0.29, 0.717) is 0 Å². The first-order chi connectivity index (χ1) is 7.36. The Morgan fingerprint density at radius 1 is 1.47 bits per heavy atom. The van der Waals surface area contributed by atoms with Crippen molar-refractivity contribution in [3.8, 4) is 0 Å². The van der Waals surface area contributed by atoms with Crippen molar-refractivity contribution in [2.75, 3.05) is 25.0 Å². The van der Waals surface area contributed by atoms with Crippen molar-refractivity contribution in [2.24, 2.45) is 5.92 Å². The molecule has 1 aliphatic heterocycles. The van der Waals surface area contributed by atoms with Gasteiger partial charge >= 0.3 is 0 Å². The van der Waals surface area contributed by atoms with Gasteiger partial charge in [0.05, 0.1) is 4.47 Å². The van der Waals surface area contributed by atoms with Crippen LogP contribution in [0.4, 0.5) is 5.82 Å². The van der Waals surface area contributed by atoms with Crippen LogP contribution < -0.4 is 10.6 Å². The van der Waals surface area contributed by atoms with Crippen molar-refractivity contribution < 1.29 is 0 Å². The highest BCUT2D eigenvalue weighted by Gasteiger charge is 2.13. The Bertz CT molecular complexity index is 312. The molecule has 15 heavy (non-hydrogen) atoms. The first-order valence-electron chi connectivity index (χ1n) is 5.26. The van der Waals surface area contributed by atoms with Crippen LogP contribution in [0.2, 0.25) is 0 Å². The molecule has 1 aromatic heterocycles. The van der Waals surface area contributed by atoms with Crippen LogP contribution in [-0.4, -0.2) is 29.6 Å². The summed E-state index contributed by atoms with van der Waals surface area (Å²) in [7, 11) is 0. The number of aromatic nitrogens is 2. The molecule has 0 amide bonds. The van der Waals surface area contributed by atoms with E-state index in [1.54, 1.807) is 12.5 Å². The average Bonchev–Trinajstić information content (AvgIpc) is 2.29. The lowest BCUT2D eigenvalue weighted by Crippen LogP contribution is -2.31. The van der Waals surface area contributed by atoms with Crippen molar-refractivity contribution >= 4 is 21.7 Å². The summed E-state index contributed by atoms with van der Waals surface area (Å²) in [5, 5.41) is 6.72. The standard InChI is InChI=1S/C10H15BrN4/c11-9-6-13-7-15-10(9)14-5-8-1-3-12-4-2-8/h6-8,12H,1-5H2,(H,13,14,15). The molecule has 0 bridgehead atoms. The maximum absolute atomic E-state index is 4.18. The summed E-state index contributed by atoms with van der Waals surface area (Å²) in [6.45, 7) is 3.27. The summed E-state index contributed by atoms with van der Waals surface area (Å²) in [4.78, 5) is 8.11. The molecule has 1 aliphatic rings. The van der Waals surface area contributed by atoms with E-state index in [2.05, 4.69) is 36.5 Å². The molecule has 1 saturated heterocycles. The maximum atomic E-state index is 4.18. The molecule has 1 fully saturated rings. The molecule has 0 saturated carbocycles. The van der Waals surface area contributed by atoms with Gasteiger partial charge in [0, 0.05) is 12.7 Å². The highest BCUT2D eigenvalue weighted by atomic mass is 79.9. The maximum Gasteiger partial charge on any atom is 0.143 e. The van der Waals surface area contributed by atoms with Crippen LogP contribution in [0.3, 0.4) is 0 Å². The molecule has 0 unspecified atom stereocenters. The minimum atomic E-state index is 0.758. The third-order valence-electron chi connectivity index (χ3n) is 2.68. The van der Waals surface area contributed by atoms with Gasteiger partial charge in [-0.3, -0.25) is 0 Å². The third kappa shape index (κ3) is 3.14. The van der Waals surface area contributed by atoms with Crippen molar-refractivity contribution in [1.29, 1.82) is 0 Å². The molecule has 2 rings (SSSR count). The molecule has 82 valence electrons. The quantitative estimate of drug-likeness (QED) is 0.877. The fourth-order valence-electron chi connectivity index (χ4n) is 1.77. The van der Waals surface area contributed by atoms with Crippen LogP contribution in [0.15, 0.2) is 17.0 Å². The Balaban J connectivity index is 1.84. The molecule has 5 heteroatoms. The van der Waals surface area contributed by atoms with Gasteiger partial charge in [0.1, 0.15) is 12.1 Å². The van der Waals surface area contributed by atoms with Gasteiger partial charge in [-0.1, -0.05) is 0 Å². The second-order valence-corrected chi connectivity index (χ2v) is 4.65. The Labute approximate surface area is 98.0 Å². The highest BCUT2D eigenvalue weighted by Crippen LogP contribution is 2.19. The smallest absolute Gasteiger partial charge is 0.143 e. The molecule has 4 nitrogen and oxygen atoms in total. The highest BCUT2D eigenvalue weighted by molar-refractivity contribution is 9.10. The van der Waals surface area contributed by atoms with E-state index in [0.717, 1.165) is 35.8 Å². The molecular weight excluding hydrogens is 256 g/mol. The van der Waals surface area contributed by atoms with Crippen molar-refractivity contribution in [2.45, 2.75) is 12.8 Å². The molecule has 1 aromatic rings. The van der Waals surface area contributed by atoms with E-state index in [1.807, 2.05) is 0 Å². The van der Waals surface area contributed by atoms with Crippen LogP contribution in [0.25, 0.3) is 0 Å². The van der Waals surface area contributed by atoms with Gasteiger partial charge < -0.3 is 10.6 Å². The molecule has 0 spiro atoms. The lowest BCUT2D eigenvalue weighted by atomic mass is 9.98. The molecule has 2 N–H and O–H groups in total. The van der Waals surface area contributed by atoms with E-state index in [9.17, 15) is 0 Å². The molecular formula is C10H15BrN4. The Morgan fingerprint density at radius 3 is 3.00 bits per heavy atom. The predicted octanol–water partition coefficient (Wildman–Crippen LogP) is 1.65. The summed E-state index contributed by atoms with van der Waals surface area (Å²) in [5.41, 5.74) is 0. The van der Waals surface area contributed by atoms with E-state index >= 15 is 0 Å². The molecule has 2 heterocycles. The molecule has 0 aliphatic carbocycles. The Hall–Kier alpha value is -0.680. The first kappa shape index (κ1) is 10.8. The number of nitrogens with one attached hydrogen (secondary N) is 2. The lowest BCUT2D eigenvalue weighted by Gasteiger charge is -2.23. The van der Waals surface area contributed by atoms with E-state index in [-0.39, 0.29) is 0 Å². The van der Waals surface area contributed by atoms with Crippen molar-refractivity contribution in [3.05, 3.63) is 17.0 Å². The van der Waals surface area contributed by atoms with Crippen molar-refractivity contribution in [3.63, 3.8) is 0 Å². The monoisotopic (exact) mass is 270 g/mol. The number of rotatable bonds is 3. The SMILES string of the molecule is Brc1cncnc1NCC1CCNCC1. The Kier molecular flexibility index (Phi) is 3.91. The number of halogens is 1. The minimum Gasteiger partial charge on any atom is -0.369 e. The van der Waals surface area contributed by atoms with Crippen LogP contribution in [0.5, 0.6) is 0 Å². The summed E-state index contributed by atoms with van der Waals surface area (Å²) < 4.78 is 0.930. The van der Waals surface area contributed by atoms with Crippen molar-refractivity contribution in [1.82, 2.24) is 15.3 Å². The van der Waals surface area contributed by atoms with Gasteiger partial charge in [-0.2, -0.15) is 0 Å². The third-order valence-corrected chi connectivity index (χ3v) is 3.26. The minimum absolute atomic E-state index is 0.758. The number of anilines is 1. The van der Waals surface area contributed by atoms with Gasteiger partial charge in [0.15, 0.2) is 0 Å². The fourth-order valence-corrected chi connectivity index (χ4v) is 2.13. The van der Waals surface area contributed by atoms with Crippen LogP contribution in [-0.2, 0) is 0 Å². The van der Waals surface area contributed by atoms with Gasteiger partial charge in [0.2, 0.25) is 0 Å².